The van der Waals surface area contributed by atoms with Crippen LogP contribution in [0.3, 0.4) is 0 Å². The highest BCUT2D eigenvalue weighted by Crippen LogP contribution is 2.13. The number of unbranched alkanes of at least 4 members (excludes halogenated alkanes) is 15. The van der Waals surface area contributed by atoms with Crippen LogP contribution in [0.25, 0.3) is 0 Å². The fourth-order valence-corrected chi connectivity index (χ4v) is 3.27. The molecule has 0 spiro atoms. The Morgan fingerprint density at radius 1 is 0.476 bits per heavy atom. The van der Waals surface area contributed by atoms with E-state index in [2.05, 4.69) is 6.92 Å². The molecular weight excluding hydrogens is 280 g/mol. The van der Waals surface area contributed by atoms with Crippen LogP contribution in [0.15, 0.2) is 0 Å². The standard InChI is InChI=1S/C18H38O2S/c1-2-3-4-5-6-7-8-9-10-11-12-13-14-15-16-17-18-21(19)20/h21H,2-18H2,1H3. The maximum absolute atomic E-state index is 10.4. The van der Waals surface area contributed by atoms with Gasteiger partial charge < -0.3 is 0 Å². The number of hydrogen-bond acceptors (Lipinski definition) is 2. The summed E-state index contributed by atoms with van der Waals surface area (Å²) in [6.07, 6.45) is 21.3. The van der Waals surface area contributed by atoms with Crippen LogP contribution in [0.5, 0.6) is 0 Å². The minimum Gasteiger partial charge on any atom is -0.232 e. The van der Waals surface area contributed by atoms with Gasteiger partial charge in [-0.05, 0) is 6.42 Å². The first kappa shape index (κ1) is 20.9. The second kappa shape index (κ2) is 18.0. The Morgan fingerprint density at radius 3 is 1.05 bits per heavy atom. The molecule has 0 aliphatic heterocycles. The molecule has 2 nitrogen and oxygen atoms in total. The average molecular weight is 319 g/mol. The molecule has 128 valence electrons. The highest BCUT2D eigenvalue weighted by Gasteiger charge is 1.94. The van der Waals surface area contributed by atoms with E-state index in [1.807, 2.05) is 0 Å². The van der Waals surface area contributed by atoms with Crippen LogP contribution in [-0.4, -0.2) is 14.2 Å². The van der Waals surface area contributed by atoms with Gasteiger partial charge in [-0.15, -0.1) is 0 Å². The normalized spacial score (nSPS) is 11.3. The molecule has 0 heterocycles. The van der Waals surface area contributed by atoms with Crippen molar-refractivity contribution in [2.75, 3.05) is 5.75 Å². The van der Waals surface area contributed by atoms with Crippen molar-refractivity contribution in [3.8, 4) is 0 Å². The molecule has 0 saturated heterocycles. The van der Waals surface area contributed by atoms with Gasteiger partial charge in [-0.1, -0.05) is 103 Å². The zero-order valence-corrected chi connectivity index (χ0v) is 15.2. The second-order valence-electron chi connectivity index (χ2n) is 6.36. The van der Waals surface area contributed by atoms with Crippen molar-refractivity contribution >= 4 is 10.7 Å². The summed E-state index contributed by atoms with van der Waals surface area (Å²) in [6, 6.07) is 0. The van der Waals surface area contributed by atoms with Crippen LogP contribution >= 0.6 is 0 Å². The Morgan fingerprint density at radius 2 is 0.762 bits per heavy atom. The molecule has 0 atom stereocenters. The van der Waals surface area contributed by atoms with E-state index in [1.165, 1.54) is 89.9 Å². The fraction of sp³-hybridized carbons (Fsp3) is 1.00. The van der Waals surface area contributed by atoms with Gasteiger partial charge in [-0.3, -0.25) is 0 Å². The molecule has 0 saturated carbocycles. The number of thiol groups is 1. The lowest BCUT2D eigenvalue weighted by atomic mass is 10.0. The summed E-state index contributed by atoms with van der Waals surface area (Å²) >= 11 is 0. The smallest absolute Gasteiger partial charge is 0.140 e. The van der Waals surface area contributed by atoms with E-state index in [4.69, 9.17) is 0 Å². The van der Waals surface area contributed by atoms with E-state index >= 15 is 0 Å². The van der Waals surface area contributed by atoms with Crippen LogP contribution in [0, 0.1) is 0 Å². The van der Waals surface area contributed by atoms with E-state index in [-0.39, 0.29) is 0 Å². The molecule has 0 N–H and O–H groups in total. The van der Waals surface area contributed by atoms with Crippen LogP contribution in [0.2, 0.25) is 0 Å². The maximum Gasteiger partial charge on any atom is 0.140 e. The van der Waals surface area contributed by atoms with E-state index in [0.29, 0.717) is 5.75 Å². The van der Waals surface area contributed by atoms with E-state index in [9.17, 15) is 8.42 Å². The van der Waals surface area contributed by atoms with Crippen molar-refractivity contribution in [1.29, 1.82) is 0 Å². The third-order valence-electron chi connectivity index (χ3n) is 4.19. The molecule has 0 amide bonds. The van der Waals surface area contributed by atoms with Gasteiger partial charge in [0.2, 0.25) is 0 Å². The van der Waals surface area contributed by atoms with Gasteiger partial charge in [0, 0.05) is 5.75 Å². The summed E-state index contributed by atoms with van der Waals surface area (Å²) in [5.41, 5.74) is 0. The van der Waals surface area contributed by atoms with Crippen molar-refractivity contribution in [1.82, 2.24) is 0 Å². The quantitative estimate of drug-likeness (QED) is 0.269. The summed E-state index contributed by atoms with van der Waals surface area (Å²) < 4.78 is 20.8. The Kier molecular flexibility index (Phi) is 18.0. The van der Waals surface area contributed by atoms with Gasteiger partial charge in [0.1, 0.15) is 10.7 Å². The van der Waals surface area contributed by atoms with Crippen molar-refractivity contribution < 1.29 is 8.42 Å². The molecule has 0 bridgehead atoms. The first-order valence-corrected chi connectivity index (χ1v) is 10.8. The molecule has 21 heavy (non-hydrogen) atoms. The predicted molar refractivity (Wildman–Crippen MR) is 94.7 cm³/mol. The average Bonchev–Trinajstić information content (AvgIpc) is 2.46. The molecule has 0 fully saturated rings. The summed E-state index contributed by atoms with van der Waals surface area (Å²) in [7, 11) is -2.14. The van der Waals surface area contributed by atoms with E-state index in [1.54, 1.807) is 0 Å². The third-order valence-corrected chi connectivity index (χ3v) is 4.88. The van der Waals surface area contributed by atoms with Crippen LogP contribution in [0.1, 0.15) is 110 Å². The van der Waals surface area contributed by atoms with Crippen molar-refractivity contribution in [2.24, 2.45) is 0 Å². The summed E-state index contributed by atoms with van der Waals surface area (Å²) in [4.78, 5) is 0. The summed E-state index contributed by atoms with van der Waals surface area (Å²) in [5, 5.41) is 0. The van der Waals surface area contributed by atoms with Crippen LogP contribution < -0.4 is 0 Å². The number of rotatable bonds is 17. The SMILES string of the molecule is CCCCCCCCCCCCCCCCCC[SH](=O)=O. The van der Waals surface area contributed by atoms with Gasteiger partial charge in [0.15, 0.2) is 0 Å². The van der Waals surface area contributed by atoms with E-state index < -0.39 is 10.7 Å². The van der Waals surface area contributed by atoms with Crippen molar-refractivity contribution in [2.45, 2.75) is 110 Å². The molecule has 0 aliphatic carbocycles. The molecule has 0 aliphatic rings. The molecule has 0 rings (SSSR count). The maximum atomic E-state index is 10.4. The molecular formula is C18H38O2S. The van der Waals surface area contributed by atoms with Crippen molar-refractivity contribution in [3.63, 3.8) is 0 Å². The first-order valence-electron chi connectivity index (χ1n) is 9.39. The molecule has 0 radical (unpaired) electrons. The van der Waals surface area contributed by atoms with Crippen molar-refractivity contribution in [3.05, 3.63) is 0 Å². The number of hydrogen-bond donors (Lipinski definition) is 1. The Hall–Kier alpha value is -0.0500. The fourth-order valence-electron chi connectivity index (χ4n) is 2.79. The molecule has 0 aromatic carbocycles. The van der Waals surface area contributed by atoms with Gasteiger partial charge in [-0.2, -0.15) is 0 Å². The highest BCUT2D eigenvalue weighted by atomic mass is 32.2. The molecule has 0 aromatic rings. The molecule has 0 unspecified atom stereocenters. The largest absolute Gasteiger partial charge is 0.232 e. The zero-order chi connectivity index (χ0) is 15.6. The molecule has 0 aromatic heterocycles. The van der Waals surface area contributed by atoms with Crippen LogP contribution in [-0.2, 0) is 10.7 Å². The van der Waals surface area contributed by atoms with E-state index in [0.717, 1.165) is 12.8 Å². The minimum atomic E-state index is -2.14. The highest BCUT2D eigenvalue weighted by molar-refractivity contribution is 7.72. The Bertz CT molecular complexity index is 254. The lowest BCUT2D eigenvalue weighted by Crippen LogP contribution is -1.88. The van der Waals surface area contributed by atoms with Gasteiger partial charge in [-0.25, -0.2) is 8.42 Å². The zero-order valence-electron chi connectivity index (χ0n) is 14.3. The molecule has 3 heteroatoms. The summed E-state index contributed by atoms with van der Waals surface area (Å²) in [6.45, 7) is 2.27. The minimum absolute atomic E-state index is 0.383. The van der Waals surface area contributed by atoms with Crippen LogP contribution in [0.4, 0.5) is 0 Å². The van der Waals surface area contributed by atoms with Gasteiger partial charge >= 0.3 is 0 Å². The van der Waals surface area contributed by atoms with Gasteiger partial charge in [0.05, 0.1) is 0 Å². The topological polar surface area (TPSA) is 34.1 Å². The Labute approximate surface area is 135 Å². The second-order valence-corrected chi connectivity index (χ2v) is 7.47. The lowest BCUT2D eigenvalue weighted by molar-refractivity contribution is 0.531. The monoisotopic (exact) mass is 318 g/mol. The third kappa shape index (κ3) is 19.9. The predicted octanol–water partition coefficient (Wildman–Crippen LogP) is 5.86. The summed E-state index contributed by atoms with van der Waals surface area (Å²) in [5.74, 6) is 0.383. The lowest BCUT2D eigenvalue weighted by Gasteiger charge is -2.03. The van der Waals surface area contributed by atoms with Gasteiger partial charge in [0.25, 0.3) is 0 Å². The Balaban J connectivity index is 2.96. The first-order chi connectivity index (χ1) is 10.3.